The van der Waals surface area contributed by atoms with Crippen LogP contribution >= 0.6 is 40.2 Å². The molecule has 40 heavy (non-hydrogen) atoms. The second-order valence-corrected chi connectivity index (χ2v) is 13.5. The van der Waals surface area contributed by atoms with Gasteiger partial charge in [-0.15, -0.1) is 0 Å². The fraction of sp³-hybridized carbons (Fsp3) is 0.312. The molecular formula is C32H38Cl4Cr2O2+2. The average Bonchev–Trinajstić information content (AvgIpc) is 3.27. The number of methoxy groups -OCH3 is 2. The molecule has 0 amide bonds. The molecule has 216 valence electrons. The van der Waals surface area contributed by atoms with E-state index in [1.54, 1.807) is 14.2 Å². The van der Waals surface area contributed by atoms with Crippen molar-refractivity contribution in [2.24, 2.45) is 0 Å². The van der Waals surface area contributed by atoms with Gasteiger partial charge in [0.05, 0.1) is 14.2 Å². The maximum atomic E-state index is 5.46. The van der Waals surface area contributed by atoms with Gasteiger partial charge in [0.25, 0.3) is 0 Å². The minimum absolute atomic E-state index is 0.181. The standard InChI is InChI=1S/2C16H19O.4ClH.2Cr/c2*1-10-11(2)13(4)16(12(10)3)14-8-6-7-9-15(14)17-5;;;;;;/h2*6-9H,1-5H3;4*1H;;/q;;;;;;2*+3/p-4. The van der Waals surface area contributed by atoms with Crippen molar-refractivity contribution in [3.8, 4) is 11.5 Å². The molecule has 2 nitrogen and oxygen atoms in total. The van der Waals surface area contributed by atoms with Gasteiger partial charge in [0.2, 0.25) is 0 Å². The Kier molecular flexibility index (Phi) is 18.7. The topological polar surface area (TPSA) is 18.5 Å². The zero-order valence-corrected chi connectivity index (χ0v) is 30.3. The summed E-state index contributed by atoms with van der Waals surface area (Å²) in [4.78, 5) is 0. The summed E-state index contributed by atoms with van der Waals surface area (Å²) in [7, 11) is 22.8. The van der Waals surface area contributed by atoms with E-state index in [0.717, 1.165) is 11.5 Å². The van der Waals surface area contributed by atoms with Crippen molar-refractivity contribution < 1.29 is 36.2 Å². The molecule has 0 atom stereocenters. The Labute approximate surface area is 274 Å². The second kappa shape index (κ2) is 19.5. The van der Waals surface area contributed by atoms with Crippen molar-refractivity contribution in [1.82, 2.24) is 0 Å². The van der Waals surface area contributed by atoms with Crippen LogP contribution in [0.15, 0.2) is 48.5 Å². The second-order valence-electron chi connectivity index (χ2n) is 9.27. The van der Waals surface area contributed by atoms with Crippen molar-refractivity contribution in [2.75, 3.05) is 14.2 Å². The molecule has 0 aromatic heterocycles. The van der Waals surface area contributed by atoms with Crippen molar-refractivity contribution in [3.63, 3.8) is 0 Å². The zero-order valence-electron chi connectivity index (χ0n) is 24.8. The molecule has 0 N–H and O–H groups in total. The molecule has 0 aliphatic heterocycles. The van der Waals surface area contributed by atoms with Crippen LogP contribution in [0.25, 0.3) is 0 Å². The summed E-state index contributed by atoms with van der Waals surface area (Å²) in [5.41, 5.74) is 2.39. The van der Waals surface area contributed by atoms with Crippen LogP contribution in [0, 0.1) is 59.2 Å². The molecule has 2 aliphatic rings. The van der Waals surface area contributed by atoms with E-state index >= 15 is 0 Å². The van der Waals surface area contributed by atoms with E-state index < -0.39 is 0 Å². The quantitative estimate of drug-likeness (QED) is 0.316. The predicted molar refractivity (Wildman–Crippen MR) is 165 cm³/mol. The van der Waals surface area contributed by atoms with Crippen molar-refractivity contribution in [1.29, 1.82) is 0 Å². The molecule has 2 fully saturated rings. The van der Waals surface area contributed by atoms with Gasteiger partial charge >= 0.3 is 66.9 Å². The minimum atomic E-state index is -0.181. The van der Waals surface area contributed by atoms with Crippen LogP contribution < -0.4 is 9.47 Å². The van der Waals surface area contributed by atoms with Crippen LogP contribution in [0.2, 0.25) is 0 Å². The van der Waals surface area contributed by atoms with Crippen LogP contribution in [-0.2, 0) is 26.8 Å². The Morgan fingerprint density at radius 1 is 0.425 bits per heavy atom. The summed E-state index contributed by atoms with van der Waals surface area (Å²) >= 11 is -0.361. The number of halogens is 4. The van der Waals surface area contributed by atoms with Gasteiger partial charge in [0.1, 0.15) is 11.5 Å². The fourth-order valence-electron chi connectivity index (χ4n) is 4.95. The van der Waals surface area contributed by atoms with Gasteiger partial charge in [-0.3, -0.25) is 0 Å². The van der Waals surface area contributed by atoms with Gasteiger partial charge in [0, 0.05) is 23.0 Å². The van der Waals surface area contributed by atoms with Gasteiger partial charge in [-0.05, 0) is 59.5 Å². The van der Waals surface area contributed by atoms with Crippen molar-refractivity contribution in [3.05, 3.63) is 119 Å². The monoisotopic (exact) mass is 698 g/mol. The van der Waals surface area contributed by atoms with Crippen LogP contribution in [0.1, 0.15) is 66.5 Å². The zero-order chi connectivity index (χ0) is 30.6. The molecule has 0 spiro atoms. The summed E-state index contributed by atoms with van der Waals surface area (Å²) in [5.74, 6) is 15.6. The first-order chi connectivity index (χ1) is 19.0. The third-order valence-corrected chi connectivity index (χ3v) is 7.63. The Balaban J connectivity index is 0.000000335. The van der Waals surface area contributed by atoms with E-state index in [1.165, 1.54) is 70.3 Å². The summed E-state index contributed by atoms with van der Waals surface area (Å²) in [6.45, 7) is 17.5. The first-order valence-electron chi connectivity index (χ1n) is 12.5. The van der Waals surface area contributed by atoms with Crippen molar-refractivity contribution in [2.45, 2.75) is 55.4 Å². The summed E-state index contributed by atoms with van der Waals surface area (Å²) < 4.78 is 10.9. The summed E-state index contributed by atoms with van der Waals surface area (Å²) in [6.07, 6.45) is 0. The third-order valence-electron chi connectivity index (χ3n) is 7.63. The first-order valence-corrected chi connectivity index (χ1v) is 19.5. The number of ether oxygens (including phenoxy) is 2. The number of hydrogen-bond acceptors (Lipinski definition) is 2. The number of benzene rings is 2. The average molecular weight is 700 g/mol. The van der Waals surface area contributed by atoms with E-state index in [9.17, 15) is 0 Å². The number of para-hydroxylation sites is 2. The van der Waals surface area contributed by atoms with E-state index in [1.807, 2.05) is 24.3 Å². The Morgan fingerprint density at radius 2 is 0.650 bits per heavy atom. The predicted octanol–water partition coefficient (Wildman–Crippen LogP) is 10.8. The van der Waals surface area contributed by atoms with Gasteiger partial charge < -0.3 is 9.47 Å². The Morgan fingerprint density at radius 3 is 0.875 bits per heavy atom. The van der Waals surface area contributed by atoms with Crippen LogP contribution in [0.3, 0.4) is 0 Å². The molecule has 8 heteroatoms. The third kappa shape index (κ3) is 9.63. The van der Waals surface area contributed by atoms with Gasteiger partial charge in [-0.1, -0.05) is 91.8 Å². The molecule has 2 aromatic rings. The molecule has 10 radical (unpaired) electrons. The fourth-order valence-corrected chi connectivity index (χ4v) is 4.95. The molecule has 0 heterocycles. The molecule has 2 saturated carbocycles. The van der Waals surface area contributed by atoms with E-state index in [4.69, 9.17) is 49.7 Å². The first kappa shape index (κ1) is 38.3. The molecule has 2 aromatic carbocycles. The Hall–Kier alpha value is 0.265. The van der Waals surface area contributed by atoms with Gasteiger partial charge in [-0.25, -0.2) is 0 Å². The SMILES string of the molecule is COc1ccccc1[C]1[C](C)[C](C)[C](C)[C]1C.COc1ccccc1[C]1[C](C)[C](C)[C](C)[C]1C.[Cl][Cr+][Cl].[Cl][Cr+][Cl]. The van der Waals surface area contributed by atoms with E-state index in [0.29, 0.717) is 0 Å². The van der Waals surface area contributed by atoms with Gasteiger partial charge in [0.15, 0.2) is 0 Å². The number of hydrogen-bond donors (Lipinski definition) is 0. The normalized spacial score (nSPS) is 18.8. The number of rotatable bonds is 4. The molecule has 0 unspecified atom stereocenters. The van der Waals surface area contributed by atoms with E-state index in [-0.39, 0.29) is 26.8 Å². The maximum absolute atomic E-state index is 5.46. The van der Waals surface area contributed by atoms with Crippen LogP contribution in [0.5, 0.6) is 11.5 Å². The van der Waals surface area contributed by atoms with Gasteiger partial charge in [-0.2, -0.15) is 0 Å². The summed E-state index contributed by atoms with van der Waals surface area (Å²) in [5, 5.41) is 0. The van der Waals surface area contributed by atoms with Crippen molar-refractivity contribution >= 4 is 40.2 Å². The van der Waals surface area contributed by atoms with E-state index in [2.05, 4.69) is 79.7 Å². The van der Waals surface area contributed by atoms with Crippen LogP contribution in [-0.4, -0.2) is 14.2 Å². The molecule has 2 aliphatic carbocycles. The molecule has 0 bridgehead atoms. The molecular weight excluding hydrogens is 662 g/mol. The molecule has 4 rings (SSSR count). The summed E-state index contributed by atoms with van der Waals surface area (Å²) in [6, 6.07) is 16.5. The Bertz CT molecular complexity index is 876. The molecule has 0 saturated heterocycles. The van der Waals surface area contributed by atoms with Crippen LogP contribution in [0.4, 0.5) is 0 Å².